The second-order valence-corrected chi connectivity index (χ2v) is 15.9. The third kappa shape index (κ3) is 6.12. The number of nitrogens with one attached hydrogen (secondary N) is 2. The fourth-order valence-electron chi connectivity index (χ4n) is 8.17. The van der Waals surface area contributed by atoms with Crippen LogP contribution in [0.2, 0.25) is 0 Å². The van der Waals surface area contributed by atoms with E-state index in [1.165, 1.54) is 23.5 Å². The zero-order valence-corrected chi connectivity index (χ0v) is 30.9. The molecule has 1 aliphatic carbocycles. The number of rotatable bonds is 6. The second kappa shape index (κ2) is 13.4. The molecule has 0 atom stereocenters. The van der Waals surface area contributed by atoms with Gasteiger partial charge in [0.1, 0.15) is 11.6 Å². The van der Waals surface area contributed by atoms with Gasteiger partial charge in [-0.1, -0.05) is 6.08 Å². The average Bonchev–Trinajstić information content (AvgIpc) is 3.77. The summed E-state index contributed by atoms with van der Waals surface area (Å²) in [7, 11) is 0. The molecular weight excluding hydrogens is 704 g/mol. The Kier molecular flexibility index (Phi) is 8.54. The number of fused-ring (bicyclic) bond motifs is 4. The quantitative estimate of drug-likeness (QED) is 0.172. The number of aryl methyl sites for hydroxylation is 2. The molecule has 54 heavy (non-hydrogen) atoms. The fraction of sp³-hybridized carbons (Fsp3) is 0.310. The number of H-pyrrole nitrogens is 1. The van der Waals surface area contributed by atoms with E-state index >= 15 is 0 Å². The topological polar surface area (TPSA) is 121 Å². The van der Waals surface area contributed by atoms with Crippen LogP contribution in [0.1, 0.15) is 84.9 Å². The molecule has 3 aromatic heterocycles. The molecule has 9 rings (SSSR count). The van der Waals surface area contributed by atoms with E-state index in [-0.39, 0.29) is 29.6 Å². The smallest absolute Gasteiger partial charge is 0.259 e. The van der Waals surface area contributed by atoms with E-state index in [0.717, 1.165) is 85.0 Å². The van der Waals surface area contributed by atoms with Crippen LogP contribution in [0.5, 0.6) is 0 Å². The summed E-state index contributed by atoms with van der Waals surface area (Å²) in [5, 5.41) is 2.99. The molecule has 1 spiro atoms. The molecule has 274 valence electrons. The number of allylic oxidation sites excluding steroid dienone is 2. The van der Waals surface area contributed by atoms with E-state index < -0.39 is 5.82 Å². The van der Waals surface area contributed by atoms with Crippen LogP contribution < -0.4 is 15.1 Å². The van der Waals surface area contributed by atoms with Gasteiger partial charge in [0.25, 0.3) is 11.8 Å². The SMILES string of the molecule is CC1=CCCc2[nH]c(C(=O)c3cc4c(s3)-c3ccc(F)cc3N(C(=O)c3ccc(NC(=O)c5cc(C)cnc5N5CC6(CCOCC6)C5)cc3)CC4)nc21. The van der Waals surface area contributed by atoms with Crippen molar-refractivity contribution in [3.05, 3.63) is 117 Å². The molecule has 3 aliphatic heterocycles. The Labute approximate surface area is 316 Å². The molecule has 4 aliphatic rings. The lowest BCUT2D eigenvalue weighted by Crippen LogP contribution is -2.59. The van der Waals surface area contributed by atoms with Gasteiger partial charge in [0.05, 0.1) is 21.8 Å². The maximum Gasteiger partial charge on any atom is 0.259 e. The molecular formula is C42H39FN6O4S. The summed E-state index contributed by atoms with van der Waals surface area (Å²) in [5.74, 6) is -0.216. The van der Waals surface area contributed by atoms with Crippen LogP contribution in [0.4, 0.5) is 21.6 Å². The van der Waals surface area contributed by atoms with Gasteiger partial charge in [0.15, 0.2) is 5.82 Å². The first-order valence-corrected chi connectivity index (χ1v) is 19.2. The number of carbonyl (C=O) groups is 3. The predicted octanol–water partition coefficient (Wildman–Crippen LogP) is 7.63. The minimum Gasteiger partial charge on any atom is -0.381 e. The molecule has 12 heteroatoms. The summed E-state index contributed by atoms with van der Waals surface area (Å²) in [6.45, 7) is 7.46. The molecule has 0 unspecified atom stereocenters. The molecule has 0 radical (unpaired) electrons. The first kappa shape index (κ1) is 34.3. The number of thiophene rings is 1. The van der Waals surface area contributed by atoms with Gasteiger partial charge in [0, 0.05) is 71.8 Å². The van der Waals surface area contributed by atoms with E-state index in [1.807, 2.05) is 26.0 Å². The molecule has 6 heterocycles. The van der Waals surface area contributed by atoms with E-state index in [9.17, 15) is 18.8 Å². The van der Waals surface area contributed by atoms with Crippen molar-refractivity contribution in [3.63, 3.8) is 0 Å². The minimum atomic E-state index is -0.461. The lowest BCUT2D eigenvalue weighted by molar-refractivity contribution is -0.000511. The number of benzene rings is 2. The zero-order valence-electron chi connectivity index (χ0n) is 30.1. The standard InChI is InChI=1S/C42H39FN6O4S/c1-24-18-31(39(44-21-24)48-22-42(23-48)13-16-53-17-14-42)40(51)45-29-9-6-26(7-10-29)41(52)49-15-12-27-19-34(54-37(27)30-11-8-28(43)20-33(30)49)36(50)38-46-32-5-3-4-25(2)35(32)47-38/h4,6-11,18-21H,3,5,12-17,22-23H2,1-2H3,(H,45,51)(H,46,47). The number of aromatic amines is 1. The summed E-state index contributed by atoms with van der Waals surface area (Å²) in [4.78, 5) is 59.0. The van der Waals surface area contributed by atoms with Crippen molar-refractivity contribution in [2.75, 3.05) is 48.0 Å². The summed E-state index contributed by atoms with van der Waals surface area (Å²) in [5.41, 5.74) is 7.50. The Morgan fingerprint density at radius 1 is 1.00 bits per heavy atom. The highest BCUT2D eigenvalue weighted by Gasteiger charge is 2.45. The summed E-state index contributed by atoms with van der Waals surface area (Å²) in [6, 6.07) is 14.9. The van der Waals surface area contributed by atoms with Crippen molar-refractivity contribution >= 4 is 51.7 Å². The molecule has 2 N–H and O–H groups in total. The first-order valence-electron chi connectivity index (χ1n) is 18.4. The van der Waals surface area contributed by atoms with Crippen LogP contribution in [-0.2, 0) is 17.6 Å². The van der Waals surface area contributed by atoms with Crippen LogP contribution in [0.25, 0.3) is 16.0 Å². The third-order valence-corrected chi connectivity index (χ3v) is 12.3. The highest BCUT2D eigenvalue weighted by Crippen LogP contribution is 2.44. The number of amides is 2. The van der Waals surface area contributed by atoms with E-state index in [1.54, 1.807) is 41.4 Å². The van der Waals surface area contributed by atoms with Gasteiger partial charge >= 0.3 is 0 Å². The highest BCUT2D eigenvalue weighted by molar-refractivity contribution is 7.17. The van der Waals surface area contributed by atoms with Crippen molar-refractivity contribution < 1.29 is 23.5 Å². The highest BCUT2D eigenvalue weighted by atomic mass is 32.1. The number of anilines is 3. The van der Waals surface area contributed by atoms with Crippen molar-refractivity contribution in [2.45, 2.75) is 46.0 Å². The number of halogens is 1. The maximum absolute atomic E-state index is 14.8. The number of ether oxygens (including phenoxy) is 1. The number of ketones is 1. The molecule has 2 fully saturated rings. The zero-order chi connectivity index (χ0) is 37.1. The van der Waals surface area contributed by atoms with E-state index in [0.29, 0.717) is 51.0 Å². The minimum absolute atomic E-state index is 0.183. The van der Waals surface area contributed by atoms with Crippen LogP contribution in [0.15, 0.2) is 66.9 Å². The number of imidazole rings is 1. The molecule has 0 bridgehead atoms. The molecule has 2 saturated heterocycles. The number of pyridine rings is 1. The number of hydrogen-bond donors (Lipinski definition) is 2. The first-order chi connectivity index (χ1) is 26.1. The monoisotopic (exact) mass is 742 g/mol. The van der Waals surface area contributed by atoms with Gasteiger partial charge in [-0.25, -0.2) is 14.4 Å². The van der Waals surface area contributed by atoms with Gasteiger partial charge in [0.2, 0.25) is 5.78 Å². The maximum atomic E-state index is 14.8. The Morgan fingerprint density at radius 3 is 2.57 bits per heavy atom. The molecule has 2 aromatic carbocycles. The second-order valence-electron chi connectivity index (χ2n) is 14.9. The third-order valence-electron chi connectivity index (χ3n) is 11.1. The van der Waals surface area contributed by atoms with Crippen LogP contribution >= 0.6 is 11.3 Å². The van der Waals surface area contributed by atoms with Crippen LogP contribution in [0.3, 0.4) is 0 Å². The molecule has 10 nitrogen and oxygen atoms in total. The normalized spacial score (nSPS) is 17.1. The number of nitrogens with zero attached hydrogens (tertiary/aromatic N) is 4. The fourth-order valence-corrected chi connectivity index (χ4v) is 9.36. The molecule has 0 saturated carbocycles. The molecule has 2 amide bonds. The Balaban J connectivity index is 0.927. The van der Waals surface area contributed by atoms with Crippen molar-refractivity contribution in [1.29, 1.82) is 0 Å². The van der Waals surface area contributed by atoms with Gasteiger partial charge in [-0.3, -0.25) is 14.4 Å². The van der Waals surface area contributed by atoms with Crippen LogP contribution in [0, 0.1) is 18.2 Å². The molecule has 5 aromatic rings. The lowest BCUT2D eigenvalue weighted by Gasteiger charge is -2.53. The van der Waals surface area contributed by atoms with Gasteiger partial charge in [-0.15, -0.1) is 11.3 Å². The summed E-state index contributed by atoms with van der Waals surface area (Å²) < 4.78 is 20.4. The average molecular weight is 743 g/mol. The Morgan fingerprint density at radius 2 is 1.80 bits per heavy atom. The largest absolute Gasteiger partial charge is 0.381 e. The van der Waals surface area contributed by atoms with E-state index in [4.69, 9.17) is 4.74 Å². The van der Waals surface area contributed by atoms with Crippen molar-refractivity contribution in [2.24, 2.45) is 5.41 Å². The van der Waals surface area contributed by atoms with Crippen LogP contribution in [-0.4, -0.2) is 65.4 Å². The van der Waals surface area contributed by atoms with E-state index in [2.05, 4.69) is 31.2 Å². The van der Waals surface area contributed by atoms with Crippen molar-refractivity contribution in [1.82, 2.24) is 15.0 Å². The number of carbonyl (C=O) groups excluding carboxylic acids is 3. The van der Waals surface area contributed by atoms with Gasteiger partial charge in [-0.05, 0) is 117 Å². The van der Waals surface area contributed by atoms with Gasteiger partial charge < -0.3 is 24.8 Å². The summed E-state index contributed by atoms with van der Waals surface area (Å²) >= 11 is 1.34. The predicted molar refractivity (Wildman–Crippen MR) is 207 cm³/mol. The number of hydrogen-bond acceptors (Lipinski definition) is 8. The Hall–Kier alpha value is -5.46. The van der Waals surface area contributed by atoms with Gasteiger partial charge in [-0.2, -0.15) is 0 Å². The Bertz CT molecular complexity index is 2370. The summed E-state index contributed by atoms with van der Waals surface area (Å²) in [6.07, 6.45) is 8.16. The lowest BCUT2D eigenvalue weighted by atomic mass is 9.73. The van der Waals surface area contributed by atoms with Crippen molar-refractivity contribution in [3.8, 4) is 10.4 Å². The number of aromatic nitrogens is 3.